The van der Waals surface area contributed by atoms with E-state index >= 15 is 0 Å². The highest BCUT2D eigenvalue weighted by Crippen LogP contribution is 2.06. The fourth-order valence-electron chi connectivity index (χ4n) is 0.663. The second-order valence-electron chi connectivity index (χ2n) is 1.95. The van der Waals surface area contributed by atoms with Crippen LogP contribution < -0.4 is 4.81 Å². The summed E-state index contributed by atoms with van der Waals surface area (Å²) in [5, 5.41) is 0. The van der Waals surface area contributed by atoms with Gasteiger partial charge in [0.2, 0.25) is 7.98 Å². The Morgan fingerprint density at radius 1 is 1.22 bits per heavy atom. The van der Waals surface area contributed by atoms with Gasteiger partial charge < -0.3 is 4.81 Å². The molecule has 0 atom stereocenters. The van der Waals surface area contributed by atoms with Crippen molar-refractivity contribution in [2.24, 2.45) is 0 Å². The van der Waals surface area contributed by atoms with E-state index in [1.54, 1.807) is 4.81 Å². The normalized spacial score (nSPS) is 9.00. The Hall–Kier alpha value is -0.915. The minimum atomic E-state index is 1.03. The summed E-state index contributed by atoms with van der Waals surface area (Å²) in [5.74, 6) is 0. The quantitative estimate of drug-likeness (QED) is 0.499. The summed E-state index contributed by atoms with van der Waals surface area (Å²) in [5.41, 5.74) is 1.03. The van der Waals surface area contributed by atoms with Crippen LogP contribution in [0.5, 0.6) is 0 Å². The zero-order valence-electron chi connectivity index (χ0n) is 5.41. The van der Waals surface area contributed by atoms with Gasteiger partial charge in [-0.15, -0.1) is 0 Å². The van der Waals surface area contributed by atoms with Crippen LogP contribution in [0.4, 0.5) is 5.69 Å². The number of benzene rings is 1. The van der Waals surface area contributed by atoms with Gasteiger partial charge in [-0.3, -0.25) is 0 Å². The predicted octanol–water partition coefficient (Wildman–Crippen LogP) is 1.21. The van der Waals surface area contributed by atoms with Crippen LogP contribution in [0, 0.1) is 0 Å². The largest absolute Gasteiger partial charge is 0.427 e. The highest BCUT2D eigenvalue weighted by atomic mass is 15.0. The molecule has 1 rings (SSSR count). The van der Waals surface area contributed by atoms with E-state index in [9.17, 15) is 0 Å². The number of para-hydroxylation sites is 1. The van der Waals surface area contributed by atoms with Gasteiger partial charge in [0, 0.05) is 5.69 Å². The van der Waals surface area contributed by atoms with E-state index in [1.807, 2.05) is 37.4 Å². The molecule has 0 aromatic heterocycles. The lowest BCUT2D eigenvalue weighted by atomic mass is 10.2. The molecule has 0 aliphatic rings. The Morgan fingerprint density at radius 2 is 1.78 bits per heavy atom. The van der Waals surface area contributed by atoms with Gasteiger partial charge in [0.1, 0.15) is 0 Å². The van der Waals surface area contributed by atoms with Crippen molar-refractivity contribution in [3.8, 4) is 0 Å². The molecule has 0 aliphatic carbocycles. The van der Waals surface area contributed by atoms with E-state index in [0.29, 0.717) is 0 Å². The van der Waals surface area contributed by atoms with Gasteiger partial charge in [0.05, 0.1) is 0 Å². The van der Waals surface area contributed by atoms with Crippen molar-refractivity contribution in [2.75, 3.05) is 11.9 Å². The second kappa shape index (κ2) is 2.58. The van der Waals surface area contributed by atoms with Crippen molar-refractivity contribution < 1.29 is 0 Å². The lowest BCUT2D eigenvalue weighted by molar-refractivity contribution is 1.34. The fraction of sp³-hybridized carbons (Fsp3) is 0.143. The molecule has 0 saturated carbocycles. The average Bonchev–Trinajstić information content (AvgIpc) is 1.90. The maximum Gasteiger partial charge on any atom is 0.226 e. The standard InChI is InChI=1S/C7H8BN/c1-9(8)7-5-3-2-4-6-7/h2-6H,1H3. The van der Waals surface area contributed by atoms with Crippen molar-refractivity contribution in [1.82, 2.24) is 0 Å². The van der Waals surface area contributed by atoms with E-state index in [2.05, 4.69) is 0 Å². The van der Waals surface area contributed by atoms with Crippen molar-refractivity contribution in [2.45, 2.75) is 0 Å². The van der Waals surface area contributed by atoms with E-state index in [-0.39, 0.29) is 0 Å². The number of nitrogens with zero attached hydrogens (tertiary/aromatic N) is 1. The number of hydrogen-bond donors (Lipinski definition) is 0. The third kappa shape index (κ3) is 1.49. The first-order valence-corrected chi connectivity index (χ1v) is 2.84. The van der Waals surface area contributed by atoms with Gasteiger partial charge in [-0.25, -0.2) is 0 Å². The molecular formula is C7H8BN. The highest BCUT2D eigenvalue weighted by Gasteiger charge is 1.87. The molecular weight excluding hydrogens is 109 g/mol. The van der Waals surface area contributed by atoms with Crippen LogP contribution in [-0.2, 0) is 0 Å². The second-order valence-corrected chi connectivity index (χ2v) is 1.95. The highest BCUT2D eigenvalue weighted by molar-refractivity contribution is 6.17. The molecule has 0 aliphatic heterocycles. The molecule has 0 heterocycles. The predicted molar refractivity (Wildman–Crippen MR) is 40.6 cm³/mol. The molecule has 0 unspecified atom stereocenters. The Balaban J connectivity index is 2.85. The molecule has 0 spiro atoms. The summed E-state index contributed by atoms with van der Waals surface area (Å²) in [6.45, 7) is 0. The van der Waals surface area contributed by atoms with Crippen LogP contribution in [0.25, 0.3) is 0 Å². The first-order valence-electron chi connectivity index (χ1n) is 2.84. The van der Waals surface area contributed by atoms with Gasteiger partial charge in [0.15, 0.2) is 0 Å². The van der Waals surface area contributed by atoms with Crippen LogP contribution in [0.2, 0.25) is 0 Å². The maximum absolute atomic E-state index is 5.45. The summed E-state index contributed by atoms with van der Waals surface area (Å²) < 4.78 is 0. The van der Waals surface area contributed by atoms with Crippen LogP contribution >= 0.6 is 0 Å². The molecule has 44 valence electrons. The molecule has 1 aromatic rings. The smallest absolute Gasteiger partial charge is 0.226 e. The van der Waals surface area contributed by atoms with E-state index in [0.717, 1.165) is 5.69 Å². The molecule has 2 radical (unpaired) electrons. The summed E-state index contributed by atoms with van der Waals surface area (Å²) >= 11 is 0. The lowest BCUT2D eigenvalue weighted by Crippen LogP contribution is -2.10. The van der Waals surface area contributed by atoms with Crippen LogP contribution in [0.15, 0.2) is 30.3 Å². The van der Waals surface area contributed by atoms with Crippen molar-refractivity contribution in [3.63, 3.8) is 0 Å². The summed E-state index contributed by atoms with van der Waals surface area (Å²) in [6.07, 6.45) is 0. The molecule has 2 heteroatoms. The zero-order chi connectivity index (χ0) is 6.69. The molecule has 0 bridgehead atoms. The Bertz CT molecular complexity index is 172. The third-order valence-corrected chi connectivity index (χ3v) is 1.16. The molecule has 0 fully saturated rings. The molecule has 0 amide bonds. The van der Waals surface area contributed by atoms with Gasteiger partial charge in [0.25, 0.3) is 0 Å². The summed E-state index contributed by atoms with van der Waals surface area (Å²) in [6, 6.07) is 9.80. The first-order chi connectivity index (χ1) is 4.30. The van der Waals surface area contributed by atoms with Crippen molar-refractivity contribution in [1.29, 1.82) is 0 Å². The Morgan fingerprint density at radius 3 is 2.11 bits per heavy atom. The Kier molecular flexibility index (Phi) is 1.78. The van der Waals surface area contributed by atoms with Crippen LogP contribution in [-0.4, -0.2) is 15.0 Å². The zero-order valence-corrected chi connectivity index (χ0v) is 5.41. The fourth-order valence-corrected chi connectivity index (χ4v) is 0.663. The SMILES string of the molecule is [B]N(C)c1ccccc1. The summed E-state index contributed by atoms with van der Waals surface area (Å²) in [7, 11) is 7.26. The van der Waals surface area contributed by atoms with E-state index in [1.165, 1.54) is 0 Å². The number of hydrogen-bond acceptors (Lipinski definition) is 1. The summed E-state index contributed by atoms with van der Waals surface area (Å²) in [4.78, 5) is 1.58. The monoisotopic (exact) mass is 117 g/mol. The van der Waals surface area contributed by atoms with Gasteiger partial charge in [-0.2, -0.15) is 0 Å². The molecule has 1 aromatic carbocycles. The minimum Gasteiger partial charge on any atom is -0.427 e. The molecule has 0 N–H and O–H groups in total. The number of rotatable bonds is 1. The molecule has 0 saturated heterocycles. The molecule has 9 heavy (non-hydrogen) atoms. The number of anilines is 1. The lowest BCUT2D eigenvalue weighted by Gasteiger charge is -2.11. The average molecular weight is 117 g/mol. The Labute approximate surface area is 56.7 Å². The van der Waals surface area contributed by atoms with Crippen LogP contribution in [0.1, 0.15) is 0 Å². The van der Waals surface area contributed by atoms with Crippen molar-refractivity contribution >= 4 is 13.7 Å². The van der Waals surface area contributed by atoms with Gasteiger partial charge in [-0.1, -0.05) is 18.2 Å². The van der Waals surface area contributed by atoms with Gasteiger partial charge in [-0.05, 0) is 19.2 Å². The van der Waals surface area contributed by atoms with Crippen molar-refractivity contribution in [3.05, 3.63) is 30.3 Å². The van der Waals surface area contributed by atoms with E-state index < -0.39 is 0 Å². The maximum atomic E-state index is 5.45. The minimum absolute atomic E-state index is 1.03. The third-order valence-electron chi connectivity index (χ3n) is 1.16. The van der Waals surface area contributed by atoms with Crippen LogP contribution in [0.3, 0.4) is 0 Å². The van der Waals surface area contributed by atoms with Gasteiger partial charge >= 0.3 is 0 Å². The van der Waals surface area contributed by atoms with E-state index in [4.69, 9.17) is 7.98 Å². The molecule has 1 nitrogen and oxygen atoms in total. The topological polar surface area (TPSA) is 3.24 Å². The first kappa shape index (κ1) is 6.21.